The highest BCUT2D eigenvalue weighted by molar-refractivity contribution is 5.94. The van der Waals surface area contributed by atoms with E-state index in [2.05, 4.69) is 53.5 Å². The average molecular weight is 351 g/mol. The molecule has 3 rings (SSSR count). The minimum atomic E-state index is -0.00230. The Kier molecular flexibility index (Phi) is 6.29. The highest BCUT2D eigenvalue weighted by Crippen LogP contribution is 2.26. The zero-order valence-corrected chi connectivity index (χ0v) is 15.8. The molecule has 1 amide bonds. The summed E-state index contributed by atoms with van der Waals surface area (Å²) in [4.78, 5) is 17.1. The van der Waals surface area contributed by atoms with Crippen LogP contribution in [0.2, 0.25) is 0 Å². The molecule has 26 heavy (non-hydrogen) atoms. The zero-order valence-electron chi connectivity index (χ0n) is 15.8. The van der Waals surface area contributed by atoms with Crippen molar-refractivity contribution < 1.29 is 4.79 Å². The van der Waals surface area contributed by atoms with Crippen molar-refractivity contribution in [2.24, 2.45) is 0 Å². The van der Waals surface area contributed by atoms with E-state index in [0.29, 0.717) is 12.1 Å². The molecule has 1 unspecified atom stereocenters. The lowest BCUT2D eigenvalue weighted by Gasteiger charge is -2.35. The van der Waals surface area contributed by atoms with Gasteiger partial charge < -0.3 is 10.2 Å². The third-order valence-electron chi connectivity index (χ3n) is 5.12. The first-order valence-electron chi connectivity index (χ1n) is 9.50. The van der Waals surface area contributed by atoms with E-state index in [1.54, 1.807) is 0 Å². The van der Waals surface area contributed by atoms with E-state index in [-0.39, 0.29) is 11.9 Å². The Morgan fingerprint density at radius 3 is 2.27 bits per heavy atom. The van der Waals surface area contributed by atoms with Gasteiger partial charge in [0.15, 0.2) is 0 Å². The molecule has 1 atom stereocenters. The number of nitrogens with zero attached hydrogens (tertiary/aromatic N) is 2. The molecule has 0 aliphatic carbocycles. The highest BCUT2D eigenvalue weighted by Gasteiger charge is 2.23. The van der Waals surface area contributed by atoms with Crippen LogP contribution in [0.3, 0.4) is 0 Å². The van der Waals surface area contributed by atoms with Crippen LogP contribution < -0.4 is 10.2 Å². The fraction of sp³-hybridized carbons (Fsp3) is 0.409. The summed E-state index contributed by atoms with van der Waals surface area (Å²) in [6.45, 7) is 2.83. The number of anilines is 1. The van der Waals surface area contributed by atoms with Gasteiger partial charge in [-0.2, -0.15) is 0 Å². The van der Waals surface area contributed by atoms with E-state index >= 15 is 0 Å². The lowest BCUT2D eigenvalue weighted by Crippen LogP contribution is -2.40. The lowest BCUT2D eigenvalue weighted by molar-refractivity contribution is 0.0924. The first-order chi connectivity index (χ1) is 12.6. The van der Waals surface area contributed by atoms with E-state index in [1.807, 2.05) is 30.3 Å². The standard InChI is InChI=1S/C22H29N3O/c1-24(2)20-13-11-18(12-14-20)21(25-15-7-4-8-16-25)17-23-22(26)19-9-5-3-6-10-19/h3,5-6,9-14,21H,4,7-8,15-17H2,1-2H3,(H,23,26). The fourth-order valence-electron chi connectivity index (χ4n) is 3.56. The van der Waals surface area contributed by atoms with E-state index in [0.717, 1.165) is 13.1 Å². The Bertz CT molecular complexity index is 691. The molecular formula is C22H29N3O. The molecule has 1 aliphatic heterocycles. The molecule has 0 aromatic heterocycles. The number of rotatable bonds is 6. The van der Waals surface area contributed by atoms with Crippen molar-refractivity contribution in [3.8, 4) is 0 Å². The van der Waals surface area contributed by atoms with Gasteiger partial charge in [-0.1, -0.05) is 36.8 Å². The molecule has 0 spiro atoms. The fourth-order valence-corrected chi connectivity index (χ4v) is 3.56. The number of likely N-dealkylation sites (tertiary alicyclic amines) is 1. The Morgan fingerprint density at radius 2 is 1.65 bits per heavy atom. The van der Waals surface area contributed by atoms with Crippen molar-refractivity contribution in [1.29, 1.82) is 0 Å². The van der Waals surface area contributed by atoms with Gasteiger partial charge in [-0.15, -0.1) is 0 Å². The van der Waals surface area contributed by atoms with Crippen molar-refractivity contribution in [2.75, 3.05) is 38.6 Å². The van der Waals surface area contributed by atoms with Crippen LogP contribution in [0.25, 0.3) is 0 Å². The Hall–Kier alpha value is -2.33. The molecule has 1 saturated heterocycles. The van der Waals surface area contributed by atoms with Crippen LogP contribution in [0.5, 0.6) is 0 Å². The molecule has 0 saturated carbocycles. The quantitative estimate of drug-likeness (QED) is 0.862. The Morgan fingerprint density at radius 1 is 1.00 bits per heavy atom. The predicted octanol–water partition coefficient (Wildman–Crippen LogP) is 3.71. The molecule has 4 heteroatoms. The second-order valence-corrected chi connectivity index (χ2v) is 7.17. The van der Waals surface area contributed by atoms with E-state index in [1.165, 1.54) is 30.5 Å². The summed E-state index contributed by atoms with van der Waals surface area (Å²) in [6, 6.07) is 18.4. The average Bonchev–Trinajstić information content (AvgIpc) is 2.70. The van der Waals surface area contributed by atoms with E-state index in [4.69, 9.17) is 0 Å². The second kappa shape index (κ2) is 8.86. The van der Waals surface area contributed by atoms with Crippen LogP contribution in [0.4, 0.5) is 5.69 Å². The third kappa shape index (κ3) is 4.64. The van der Waals surface area contributed by atoms with Gasteiger partial charge in [0.25, 0.3) is 5.91 Å². The van der Waals surface area contributed by atoms with Crippen LogP contribution in [-0.2, 0) is 0 Å². The summed E-state index contributed by atoms with van der Waals surface area (Å²) >= 11 is 0. The van der Waals surface area contributed by atoms with Gasteiger partial charge >= 0.3 is 0 Å². The maximum absolute atomic E-state index is 12.5. The molecule has 0 radical (unpaired) electrons. The SMILES string of the molecule is CN(C)c1ccc(C(CNC(=O)c2ccccc2)N2CCCCC2)cc1. The summed E-state index contributed by atoms with van der Waals surface area (Å²) < 4.78 is 0. The molecule has 138 valence electrons. The molecule has 2 aromatic carbocycles. The smallest absolute Gasteiger partial charge is 0.251 e. The first-order valence-corrected chi connectivity index (χ1v) is 9.50. The van der Waals surface area contributed by atoms with Crippen LogP contribution in [0.15, 0.2) is 54.6 Å². The maximum Gasteiger partial charge on any atom is 0.251 e. The summed E-state index contributed by atoms with van der Waals surface area (Å²) in [5.41, 5.74) is 3.18. The van der Waals surface area contributed by atoms with Crippen molar-refractivity contribution in [3.05, 3.63) is 65.7 Å². The molecule has 4 nitrogen and oxygen atoms in total. The molecule has 1 aliphatic rings. The summed E-state index contributed by atoms with van der Waals surface area (Å²) in [5, 5.41) is 3.14. The monoisotopic (exact) mass is 351 g/mol. The van der Waals surface area contributed by atoms with Crippen molar-refractivity contribution in [3.63, 3.8) is 0 Å². The van der Waals surface area contributed by atoms with Crippen LogP contribution >= 0.6 is 0 Å². The maximum atomic E-state index is 12.5. The number of benzene rings is 2. The minimum Gasteiger partial charge on any atom is -0.378 e. The molecule has 0 bridgehead atoms. The molecule has 1 fully saturated rings. The zero-order chi connectivity index (χ0) is 18.4. The van der Waals surface area contributed by atoms with Gasteiger partial charge in [0.05, 0.1) is 6.04 Å². The van der Waals surface area contributed by atoms with Gasteiger partial charge in [-0.3, -0.25) is 9.69 Å². The number of carbonyl (C=O) groups excluding carboxylic acids is 1. The third-order valence-corrected chi connectivity index (χ3v) is 5.12. The number of hydrogen-bond acceptors (Lipinski definition) is 3. The van der Waals surface area contributed by atoms with E-state index < -0.39 is 0 Å². The number of piperidine rings is 1. The predicted molar refractivity (Wildman–Crippen MR) is 108 cm³/mol. The summed E-state index contributed by atoms with van der Waals surface area (Å²) in [6.07, 6.45) is 3.77. The van der Waals surface area contributed by atoms with Gasteiger partial charge in [-0.25, -0.2) is 0 Å². The van der Waals surface area contributed by atoms with Gasteiger partial charge in [0.2, 0.25) is 0 Å². The van der Waals surface area contributed by atoms with Crippen molar-refractivity contribution in [2.45, 2.75) is 25.3 Å². The molecule has 1 N–H and O–H groups in total. The normalized spacial score (nSPS) is 16.1. The first kappa shape index (κ1) is 18.5. The topological polar surface area (TPSA) is 35.6 Å². The van der Waals surface area contributed by atoms with Crippen LogP contribution in [0, 0.1) is 0 Å². The lowest BCUT2D eigenvalue weighted by atomic mass is 10.0. The van der Waals surface area contributed by atoms with Crippen molar-refractivity contribution >= 4 is 11.6 Å². The summed E-state index contributed by atoms with van der Waals surface area (Å²) in [5.74, 6) is -0.00230. The number of carbonyl (C=O) groups is 1. The Labute approximate surface area is 156 Å². The second-order valence-electron chi connectivity index (χ2n) is 7.17. The van der Waals surface area contributed by atoms with Crippen LogP contribution in [0.1, 0.15) is 41.2 Å². The van der Waals surface area contributed by atoms with Gasteiger partial charge in [0, 0.05) is 31.9 Å². The number of hydrogen-bond donors (Lipinski definition) is 1. The molecular weight excluding hydrogens is 322 g/mol. The van der Waals surface area contributed by atoms with E-state index in [9.17, 15) is 4.79 Å². The minimum absolute atomic E-state index is 0.00230. The molecule has 1 heterocycles. The number of amides is 1. The van der Waals surface area contributed by atoms with Crippen molar-refractivity contribution in [1.82, 2.24) is 10.2 Å². The van der Waals surface area contributed by atoms with Gasteiger partial charge in [0.1, 0.15) is 0 Å². The Balaban J connectivity index is 1.73. The summed E-state index contributed by atoms with van der Waals surface area (Å²) in [7, 11) is 4.11. The molecule has 2 aromatic rings. The largest absolute Gasteiger partial charge is 0.378 e. The van der Waals surface area contributed by atoms with Gasteiger partial charge in [-0.05, 0) is 55.8 Å². The highest BCUT2D eigenvalue weighted by atomic mass is 16.1. The number of nitrogens with one attached hydrogen (secondary N) is 1. The van der Waals surface area contributed by atoms with Crippen LogP contribution in [-0.4, -0.2) is 44.5 Å².